The van der Waals surface area contributed by atoms with E-state index in [4.69, 9.17) is 17.3 Å². The molecule has 0 aliphatic heterocycles. The predicted octanol–water partition coefficient (Wildman–Crippen LogP) is 3.72. The maximum Gasteiger partial charge on any atom is 0.249 e. The van der Waals surface area contributed by atoms with Gasteiger partial charge in [0.25, 0.3) is 0 Å². The van der Waals surface area contributed by atoms with E-state index in [-0.39, 0.29) is 0 Å². The molecule has 2 nitrogen and oxygen atoms in total. The zero-order valence-electron chi connectivity index (χ0n) is 9.83. The summed E-state index contributed by atoms with van der Waals surface area (Å²) in [4.78, 5) is 11.4. The number of hydrogen-bond donors (Lipinski definition) is 1. The fraction of sp³-hybridized carbons (Fsp3) is 0.214. The fourth-order valence-electron chi connectivity index (χ4n) is 1.90. The molecule has 3 heteroatoms. The predicted molar refractivity (Wildman–Crippen MR) is 71.6 cm³/mol. The van der Waals surface area contributed by atoms with Crippen LogP contribution in [0.3, 0.4) is 0 Å². The largest absolute Gasteiger partial charge is 0.366 e. The number of halogens is 1. The van der Waals surface area contributed by atoms with Gasteiger partial charge in [0.2, 0.25) is 5.91 Å². The van der Waals surface area contributed by atoms with Crippen molar-refractivity contribution in [2.24, 2.45) is 5.73 Å². The summed E-state index contributed by atoms with van der Waals surface area (Å²) in [6.45, 7) is 4.22. The van der Waals surface area contributed by atoms with Gasteiger partial charge < -0.3 is 5.73 Å². The average Bonchev–Trinajstić information content (AvgIpc) is 2.26. The fourth-order valence-corrected chi connectivity index (χ4v) is 2.13. The van der Waals surface area contributed by atoms with Crippen LogP contribution in [0.15, 0.2) is 30.3 Å². The van der Waals surface area contributed by atoms with Gasteiger partial charge in [0.05, 0.1) is 0 Å². The highest BCUT2D eigenvalue weighted by Gasteiger charge is 2.10. The van der Waals surface area contributed by atoms with Gasteiger partial charge in [-0.25, -0.2) is 0 Å². The Morgan fingerprint density at radius 3 is 2.53 bits per heavy atom. The van der Waals surface area contributed by atoms with Gasteiger partial charge in [0.1, 0.15) is 0 Å². The van der Waals surface area contributed by atoms with Crippen molar-refractivity contribution < 1.29 is 4.79 Å². The maximum absolute atomic E-state index is 11.4. The number of benzene rings is 2. The van der Waals surface area contributed by atoms with Crippen LogP contribution in [0.5, 0.6) is 0 Å². The Hall–Kier alpha value is -1.54. The van der Waals surface area contributed by atoms with Gasteiger partial charge in [0, 0.05) is 10.6 Å². The second kappa shape index (κ2) is 4.38. The number of carbonyl (C=O) groups is 1. The molecule has 0 heterocycles. The average molecular weight is 248 g/mol. The van der Waals surface area contributed by atoms with Crippen LogP contribution in [0.4, 0.5) is 0 Å². The number of hydrogen-bond acceptors (Lipinski definition) is 1. The lowest BCUT2D eigenvalue weighted by Crippen LogP contribution is -2.11. The third-order valence-electron chi connectivity index (χ3n) is 2.88. The number of nitrogens with two attached hydrogens (primary N) is 1. The first-order chi connectivity index (χ1) is 7.99. The molecule has 17 heavy (non-hydrogen) atoms. The normalized spacial score (nSPS) is 11.1. The Morgan fingerprint density at radius 1 is 1.24 bits per heavy atom. The van der Waals surface area contributed by atoms with Crippen LogP contribution in [-0.4, -0.2) is 5.91 Å². The monoisotopic (exact) mass is 247 g/mol. The molecule has 0 aliphatic rings. The van der Waals surface area contributed by atoms with Crippen LogP contribution in [0.1, 0.15) is 35.7 Å². The first kappa shape index (κ1) is 11.9. The zero-order valence-corrected chi connectivity index (χ0v) is 10.6. The molecule has 0 fully saturated rings. The maximum atomic E-state index is 11.4. The molecular formula is C14H14ClNO. The Labute approximate surface area is 105 Å². The van der Waals surface area contributed by atoms with Crippen molar-refractivity contribution >= 4 is 28.3 Å². The second-order valence-corrected chi connectivity index (χ2v) is 4.89. The van der Waals surface area contributed by atoms with Crippen molar-refractivity contribution in [1.82, 2.24) is 0 Å². The zero-order chi connectivity index (χ0) is 12.6. The van der Waals surface area contributed by atoms with Gasteiger partial charge in [-0.2, -0.15) is 0 Å². The summed E-state index contributed by atoms with van der Waals surface area (Å²) in [7, 11) is 0. The molecule has 0 saturated carbocycles. The summed E-state index contributed by atoms with van der Waals surface area (Å²) in [6, 6.07) is 9.50. The minimum absolute atomic E-state index is 0.413. The van der Waals surface area contributed by atoms with Crippen LogP contribution >= 0.6 is 11.6 Å². The van der Waals surface area contributed by atoms with E-state index in [0.717, 1.165) is 10.8 Å². The van der Waals surface area contributed by atoms with Crippen molar-refractivity contribution in [3.05, 3.63) is 46.5 Å². The van der Waals surface area contributed by atoms with Gasteiger partial charge in [-0.3, -0.25) is 4.79 Å². The van der Waals surface area contributed by atoms with Crippen LogP contribution < -0.4 is 5.73 Å². The Morgan fingerprint density at radius 2 is 1.94 bits per heavy atom. The van der Waals surface area contributed by atoms with Crippen LogP contribution in [0.25, 0.3) is 10.8 Å². The van der Waals surface area contributed by atoms with Crippen LogP contribution in [-0.2, 0) is 0 Å². The van der Waals surface area contributed by atoms with Crippen LogP contribution in [0.2, 0.25) is 5.02 Å². The molecule has 2 aromatic rings. The lowest BCUT2D eigenvalue weighted by molar-refractivity contribution is 0.100. The van der Waals surface area contributed by atoms with Crippen molar-refractivity contribution in [2.75, 3.05) is 0 Å². The van der Waals surface area contributed by atoms with E-state index in [1.807, 2.05) is 24.3 Å². The number of carbonyl (C=O) groups excluding carboxylic acids is 1. The molecule has 0 atom stereocenters. The molecular weight excluding hydrogens is 234 g/mol. The summed E-state index contributed by atoms with van der Waals surface area (Å²) in [5.41, 5.74) is 7.04. The Kier molecular flexibility index (Phi) is 3.07. The van der Waals surface area contributed by atoms with Crippen molar-refractivity contribution in [2.45, 2.75) is 19.8 Å². The highest BCUT2D eigenvalue weighted by atomic mass is 35.5. The molecule has 2 aromatic carbocycles. The molecule has 0 bridgehead atoms. The van der Waals surface area contributed by atoms with E-state index in [0.29, 0.717) is 16.5 Å². The van der Waals surface area contributed by atoms with Gasteiger partial charge in [-0.15, -0.1) is 0 Å². The molecule has 2 N–H and O–H groups in total. The summed E-state index contributed by atoms with van der Waals surface area (Å²) in [6.07, 6.45) is 0. The third kappa shape index (κ3) is 2.27. The number of rotatable bonds is 2. The van der Waals surface area contributed by atoms with E-state index in [1.54, 1.807) is 6.07 Å². The Bertz CT molecular complexity index is 590. The van der Waals surface area contributed by atoms with E-state index in [2.05, 4.69) is 13.8 Å². The van der Waals surface area contributed by atoms with E-state index in [1.165, 1.54) is 5.56 Å². The summed E-state index contributed by atoms with van der Waals surface area (Å²) >= 11 is 5.96. The van der Waals surface area contributed by atoms with Gasteiger partial charge in [0.15, 0.2) is 0 Å². The number of primary amides is 1. The third-order valence-corrected chi connectivity index (χ3v) is 3.09. The summed E-state index contributed by atoms with van der Waals surface area (Å²) in [5, 5.41) is 2.34. The highest BCUT2D eigenvalue weighted by molar-refractivity contribution is 6.32. The smallest absolute Gasteiger partial charge is 0.249 e. The van der Waals surface area contributed by atoms with Crippen molar-refractivity contribution in [3.8, 4) is 0 Å². The lowest BCUT2D eigenvalue weighted by Gasteiger charge is -2.09. The minimum Gasteiger partial charge on any atom is -0.366 e. The quantitative estimate of drug-likeness (QED) is 0.864. The minimum atomic E-state index is -0.446. The number of amides is 1. The first-order valence-corrected chi connectivity index (χ1v) is 5.90. The summed E-state index contributed by atoms with van der Waals surface area (Å²) in [5.74, 6) is -0.0331. The molecule has 0 unspecified atom stereocenters. The topological polar surface area (TPSA) is 43.1 Å². The molecule has 0 aliphatic carbocycles. The molecule has 1 amide bonds. The van der Waals surface area contributed by atoms with Gasteiger partial charge in [-0.1, -0.05) is 43.6 Å². The highest BCUT2D eigenvalue weighted by Crippen LogP contribution is 2.27. The lowest BCUT2D eigenvalue weighted by atomic mass is 9.96. The standard InChI is InChI=1S/C14H14ClNO/c1-8(2)9-3-4-10-5-11(15)7-13(14(16)17)12(10)6-9/h3-8H,1-2H3,(H2,16,17). The second-order valence-electron chi connectivity index (χ2n) is 4.45. The van der Waals surface area contributed by atoms with E-state index >= 15 is 0 Å². The van der Waals surface area contributed by atoms with Gasteiger partial charge >= 0.3 is 0 Å². The van der Waals surface area contributed by atoms with Gasteiger partial charge in [-0.05, 0) is 34.4 Å². The molecule has 0 spiro atoms. The van der Waals surface area contributed by atoms with Crippen molar-refractivity contribution in [1.29, 1.82) is 0 Å². The van der Waals surface area contributed by atoms with E-state index in [9.17, 15) is 4.79 Å². The SMILES string of the molecule is CC(C)c1ccc2cc(Cl)cc(C(N)=O)c2c1. The first-order valence-electron chi connectivity index (χ1n) is 5.52. The molecule has 0 radical (unpaired) electrons. The molecule has 0 aromatic heterocycles. The van der Waals surface area contributed by atoms with Crippen molar-refractivity contribution in [3.63, 3.8) is 0 Å². The van der Waals surface area contributed by atoms with E-state index < -0.39 is 5.91 Å². The molecule has 0 saturated heterocycles. The Balaban J connectivity index is 2.78. The molecule has 2 rings (SSSR count). The molecule has 88 valence electrons. The van der Waals surface area contributed by atoms with Crippen LogP contribution in [0, 0.1) is 0 Å². The number of fused-ring (bicyclic) bond motifs is 1. The summed E-state index contributed by atoms with van der Waals surface area (Å²) < 4.78 is 0.